The van der Waals surface area contributed by atoms with Crippen LogP contribution in [-0.2, 0) is 4.74 Å². The zero-order valence-electron chi connectivity index (χ0n) is 20.0. The number of anilines is 4. The van der Waals surface area contributed by atoms with Crippen LogP contribution in [-0.4, -0.2) is 68.8 Å². The molecule has 0 unspecified atom stereocenters. The molecule has 1 saturated carbocycles. The molecule has 1 aromatic carbocycles. The normalized spacial score (nSPS) is 16.9. The van der Waals surface area contributed by atoms with Crippen LogP contribution in [0.15, 0.2) is 30.6 Å². The van der Waals surface area contributed by atoms with Gasteiger partial charge in [0.25, 0.3) is 0 Å². The Bertz CT molecular complexity index is 1140. The molecule has 34 heavy (non-hydrogen) atoms. The van der Waals surface area contributed by atoms with E-state index in [1.54, 1.807) is 11.2 Å². The molecule has 10 heteroatoms. The Morgan fingerprint density at radius 3 is 2.47 bits per heavy atom. The van der Waals surface area contributed by atoms with Crippen molar-refractivity contribution in [3.8, 4) is 0 Å². The van der Waals surface area contributed by atoms with Crippen LogP contribution in [0, 0.1) is 0 Å². The molecular formula is C24H32N8O2. The van der Waals surface area contributed by atoms with E-state index in [9.17, 15) is 4.79 Å². The van der Waals surface area contributed by atoms with E-state index in [1.807, 2.05) is 32.9 Å². The highest BCUT2D eigenvalue weighted by Crippen LogP contribution is 2.27. The van der Waals surface area contributed by atoms with Crippen molar-refractivity contribution in [3.05, 3.63) is 30.6 Å². The number of nitrogens with one attached hydrogen (secondary N) is 3. The Morgan fingerprint density at radius 1 is 1.09 bits per heavy atom. The van der Waals surface area contributed by atoms with E-state index in [4.69, 9.17) is 4.74 Å². The molecule has 2 aromatic heterocycles. The lowest BCUT2D eigenvalue weighted by atomic mass is 9.93. The average Bonchev–Trinajstić information content (AvgIpc) is 3.24. The van der Waals surface area contributed by atoms with Gasteiger partial charge in [-0.15, -0.1) is 0 Å². The molecule has 0 radical (unpaired) electrons. The zero-order chi connectivity index (χ0) is 23.7. The number of benzene rings is 1. The Labute approximate surface area is 199 Å². The van der Waals surface area contributed by atoms with E-state index in [-0.39, 0.29) is 6.09 Å². The van der Waals surface area contributed by atoms with Crippen molar-refractivity contribution in [2.75, 3.05) is 41.7 Å². The average molecular weight is 465 g/mol. The number of nitrogens with zero attached hydrogens (tertiary/aromatic N) is 5. The van der Waals surface area contributed by atoms with Crippen LogP contribution >= 0.6 is 0 Å². The topological polar surface area (TPSA) is 111 Å². The maximum absolute atomic E-state index is 12.3. The van der Waals surface area contributed by atoms with Gasteiger partial charge in [-0.25, -0.2) is 9.78 Å². The maximum atomic E-state index is 12.3. The van der Waals surface area contributed by atoms with Crippen molar-refractivity contribution < 1.29 is 9.53 Å². The van der Waals surface area contributed by atoms with Crippen LogP contribution in [0.5, 0.6) is 0 Å². The van der Waals surface area contributed by atoms with Crippen molar-refractivity contribution in [2.24, 2.45) is 0 Å². The predicted molar refractivity (Wildman–Crippen MR) is 133 cm³/mol. The minimum absolute atomic E-state index is 0.244. The van der Waals surface area contributed by atoms with E-state index in [1.165, 1.54) is 6.42 Å². The van der Waals surface area contributed by atoms with Gasteiger partial charge >= 0.3 is 6.09 Å². The first-order valence-corrected chi connectivity index (χ1v) is 11.9. The van der Waals surface area contributed by atoms with Crippen LogP contribution in [0.1, 0.15) is 40.0 Å². The van der Waals surface area contributed by atoms with Crippen LogP contribution in [0.25, 0.3) is 11.2 Å². The molecule has 0 atom stereocenters. The zero-order valence-corrected chi connectivity index (χ0v) is 20.0. The lowest BCUT2D eigenvalue weighted by Gasteiger charge is -2.36. The fraction of sp³-hybridized carbons (Fsp3) is 0.500. The molecule has 0 bridgehead atoms. The summed E-state index contributed by atoms with van der Waals surface area (Å²) < 4.78 is 5.49. The van der Waals surface area contributed by atoms with Crippen molar-refractivity contribution in [1.82, 2.24) is 24.8 Å². The van der Waals surface area contributed by atoms with Gasteiger partial charge in [0.05, 0.1) is 6.33 Å². The van der Waals surface area contributed by atoms with E-state index in [0.717, 1.165) is 48.6 Å². The van der Waals surface area contributed by atoms with Crippen LogP contribution in [0.3, 0.4) is 0 Å². The second kappa shape index (κ2) is 9.00. The molecule has 1 aliphatic heterocycles. The van der Waals surface area contributed by atoms with Crippen LogP contribution < -0.4 is 15.5 Å². The van der Waals surface area contributed by atoms with Crippen molar-refractivity contribution >= 4 is 40.4 Å². The van der Waals surface area contributed by atoms with E-state index in [2.05, 4.69) is 47.6 Å². The summed E-state index contributed by atoms with van der Waals surface area (Å²) in [6, 6.07) is 8.65. The minimum Gasteiger partial charge on any atom is -0.444 e. The molecule has 3 aromatic rings. The minimum atomic E-state index is -0.476. The Balaban J connectivity index is 1.21. The Kier molecular flexibility index (Phi) is 5.89. The largest absolute Gasteiger partial charge is 0.444 e. The summed E-state index contributed by atoms with van der Waals surface area (Å²) >= 11 is 0. The van der Waals surface area contributed by atoms with Crippen molar-refractivity contribution in [2.45, 2.75) is 51.7 Å². The number of amides is 1. The smallest absolute Gasteiger partial charge is 0.410 e. The fourth-order valence-corrected chi connectivity index (χ4v) is 4.10. The van der Waals surface area contributed by atoms with Gasteiger partial charge in [0.1, 0.15) is 11.1 Å². The fourth-order valence-electron chi connectivity index (χ4n) is 4.10. The maximum Gasteiger partial charge on any atom is 0.410 e. The number of fused-ring (bicyclic) bond motifs is 1. The monoisotopic (exact) mass is 464 g/mol. The molecule has 0 spiro atoms. The molecule has 1 saturated heterocycles. The number of piperazine rings is 1. The second-order valence-corrected chi connectivity index (χ2v) is 9.90. The number of ether oxygens (including phenoxy) is 1. The number of carbonyl (C=O) groups excluding carboxylic acids is 1. The highest BCUT2D eigenvalue weighted by Gasteiger charge is 2.26. The summed E-state index contributed by atoms with van der Waals surface area (Å²) in [5.74, 6) is 1.30. The summed E-state index contributed by atoms with van der Waals surface area (Å²) in [6.45, 7) is 8.48. The number of aromatic amines is 1. The quantitative estimate of drug-likeness (QED) is 0.517. The van der Waals surface area contributed by atoms with Gasteiger partial charge in [-0.2, -0.15) is 9.97 Å². The third-order valence-electron chi connectivity index (χ3n) is 6.15. The van der Waals surface area contributed by atoms with Gasteiger partial charge in [0.15, 0.2) is 11.5 Å². The molecule has 2 fully saturated rings. The molecular weight excluding hydrogens is 432 g/mol. The highest BCUT2D eigenvalue weighted by atomic mass is 16.6. The molecule has 1 aliphatic carbocycles. The predicted octanol–water partition coefficient (Wildman–Crippen LogP) is 4.12. The number of imidazole rings is 1. The van der Waals surface area contributed by atoms with Crippen molar-refractivity contribution in [3.63, 3.8) is 0 Å². The third kappa shape index (κ3) is 5.00. The Morgan fingerprint density at radius 2 is 1.82 bits per heavy atom. The number of hydrogen-bond acceptors (Lipinski definition) is 8. The molecule has 1 amide bonds. The molecule has 2 aliphatic rings. The summed E-state index contributed by atoms with van der Waals surface area (Å²) in [5.41, 5.74) is 3.01. The van der Waals surface area contributed by atoms with E-state index in [0.29, 0.717) is 30.7 Å². The molecule has 3 heterocycles. The lowest BCUT2D eigenvalue weighted by molar-refractivity contribution is 0.0240. The number of rotatable bonds is 5. The van der Waals surface area contributed by atoms with Gasteiger partial charge in [-0.05, 0) is 64.3 Å². The Hall–Kier alpha value is -3.56. The SMILES string of the molecule is CC(C)(C)OC(=O)N1CCN(c2ccc(Nc3nc(NC4CCC4)c4[nH]cnc4n3)cc2)CC1. The van der Waals surface area contributed by atoms with Crippen LogP contribution in [0.4, 0.5) is 27.9 Å². The summed E-state index contributed by atoms with van der Waals surface area (Å²) in [7, 11) is 0. The van der Waals surface area contributed by atoms with Crippen molar-refractivity contribution in [1.29, 1.82) is 0 Å². The first-order valence-electron chi connectivity index (χ1n) is 11.9. The van der Waals surface area contributed by atoms with E-state index < -0.39 is 5.60 Å². The van der Waals surface area contributed by atoms with Gasteiger partial charge in [-0.3, -0.25) is 0 Å². The number of H-pyrrole nitrogens is 1. The second-order valence-electron chi connectivity index (χ2n) is 9.90. The molecule has 10 nitrogen and oxygen atoms in total. The molecule has 180 valence electrons. The lowest BCUT2D eigenvalue weighted by Crippen LogP contribution is -2.50. The number of aromatic nitrogens is 4. The van der Waals surface area contributed by atoms with Gasteiger partial charge in [0.2, 0.25) is 5.95 Å². The van der Waals surface area contributed by atoms with Gasteiger partial charge < -0.3 is 30.2 Å². The van der Waals surface area contributed by atoms with Crippen LogP contribution in [0.2, 0.25) is 0 Å². The number of carbonyl (C=O) groups is 1. The first-order chi connectivity index (χ1) is 16.3. The third-order valence-corrected chi connectivity index (χ3v) is 6.15. The molecule has 3 N–H and O–H groups in total. The van der Waals surface area contributed by atoms with Gasteiger partial charge in [-0.1, -0.05) is 0 Å². The number of hydrogen-bond donors (Lipinski definition) is 3. The first kappa shape index (κ1) is 22.2. The standard InChI is InChI=1S/C24H32N8O2/c1-24(2,3)34-23(33)32-13-11-31(12-14-32)18-9-7-17(8-10-18)28-22-29-20-19(25-15-26-20)21(30-22)27-16-5-4-6-16/h7-10,15-16H,4-6,11-14H2,1-3H3,(H3,25,26,27,28,29,30). The summed E-state index contributed by atoms with van der Waals surface area (Å²) in [4.78, 5) is 33.0. The molecule has 5 rings (SSSR count). The van der Waals surface area contributed by atoms with E-state index >= 15 is 0 Å². The highest BCUT2D eigenvalue weighted by molar-refractivity contribution is 5.84. The summed E-state index contributed by atoms with van der Waals surface area (Å²) in [6.07, 6.45) is 4.98. The summed E-state index contributed by atoms with van der Waals surface area (Å²) in [5, 5.41) is 6.81. The van der Waals surface area contributed by atoms with Gasteiger partial charge in [0, 0.05) is 43.6 Å².